The van der Waals surface area contributed by atoms with Crippen molar-refractivity contribution in [3.8, 4) is 0 Å². The maximum absolute atomic E-state index is 13.3. The van der Waals surface area contributed by atoms with Crippen LogP contribution in [0.4, 0.5) is 11.4 Å². The molecule has 12 heteroatoms. The van der Waals surface area contributed by atoms with Gasteiger partial charge in [0, 0.05) is 54.4 Å². The van der Waals surface area contributed by atoms with Crippen molar-refractivity contribution in [1.29, 1.82) is 0 Å². The fourth-order valence-electron chi connectivity index (χ4n) is 4.18. The van der Waals surface area contributed by atoms with Gasteiger partial charge in [0.05, 0.1) is 4.34 Å². The molecule has 0 radical (unpaired) electrons. The summed E-state index contributed by atoms with van der Waals surface area (Å²) >= 11 is 6.71. The molecule has 1 aromatic heterocycles. The summed E-state index contributed by atoms with van der Waals surface area (Å²) in [7, 11) is -2.62. The number of sulfonamides is 1. The summed E-state index contributed by atoms with van der Waals surface area (Å²) in [6.07, 6.45) is 1.48. The van der Waals surface area contributed by atoms with E-state index in [0.29, 0.717) is 39.5 Å². The molecule has 4 rings (SSSR count). The first-order valence-electron chi connectivity index (χ1n) is 11.1. The van der Waals surface area contributed by atoms with Gasteiger partial charge in [0.25, 0.3) is 10.0 Å². The third kappa shape index (κ3) is 5.10. The fraction of sp³-hybridized carbons (Fsp3) is 0.292. The van der Waals surface area contributed by atoms with Crippen LogP contribution < -0.4 is 10.6 Å². The van der Waals surface area contributed by atoms with Crippen LogP contribution in [-0.4, -0.2) is 57.1 Å². The number of anilines is 2. The van der Waals surface area contributed by atoms with Gasteiger partial charge in [-0.1, -0.05) is 29.8 Å². The normalized spacial score (nSPS) is 15.9. The number of aldehydes is 1. The fourth-order valence-corrected chi connectivity index (χ4v) is 7.35. The monoisotopic (exact) mass is 549 g/mol. The zero-order chi connectivity index (χ0) is 25.9. The summed E-state index contributed by atoms with van der Waals surface area (Å²) < 4.78 is 32.1. The highest BCUT2D eigenvalue weighted by atomic mass is 35.5. The van der Waals surface area contributed by atoms with Gasteiger partial charge in [-0.2, -0.15) is 0 Å². The smallest absolute Gasteiger partial charge is 0.276 e. The van der Waals surface area contributed by atoms with Crippen LogP contribution >= 0.6 is 22.9 Å². The van der Waals surface area contributed by atoms with Gasteiger partial charge in [0.1, 0.15) is 10.3 Å². The SMILES string of the molecule is COCCCNc1ccc(NC(=O)C2CCC(=O)N2S(=O)(=O)c2ccc(Cl)s2)c2cccc(C=O)c12. The number of methoxy groups -OCH3 is 1. The molecule has 36 heavy (non-hydrogen) atoms. The zero-order valence-corrected chi connectivity index (χ0v) is 21.7. The molecule has 1 aliphatic heterocycles. The molecule has 3 aromatic rings. The Morgan fingerprint density at radius 1 is 1.22 bits per heavy atom. The van der Waals surface area contributed by atoms with Gasteiger partial charge >= 0.3 is 0 Å². The second kappa shape index (κ2) is 11.0. The predicted octanol–water partition coefficient (Wildman–Crippen LogP) is 4.13. The first-order chi connectivity index (χ1) is 17.3. The molecule has 1 atom stereocenters. The minimum atomic E-state index is -4.24. The lowest BCUT2D eigenvalue weighted by Crippen LogP contribution is -2.44. The molecule has 1 saturated heterocycles. The van der Waals surface area contributed by atoms with Crippen LogP contribution in [0.1, 0.15) is 29.6 Å². The molecule has 0 saturated carbocycles. The Balaban J connectivity index is 1.64. The van der Waals surface area contributed by atoms with Gasteiger partial charge in [-0.3, -0.25) is 14.4 Å². The van der Waals surface area contributed by atoms with Crippen LogP contribution in [0.5, 0.6) is 0 Å². The third-order valence-electron chi connectivity index (χ3n) is 5.82. The second-order valence-electron chi connectivity index (χ2n) is 8.12. The molecular formula is C24H24ClN3O6S2. The largest absolute Gasteiger partial charge is 0.385 e. The van der Waals surface area contributed by atoms with E-state index >= 15 is 0 Å². The quantitative estimate of drug-likeness (QED) is 0.288. The maximum Gasteiger partial charge on any atom is 0.276 e. The molecule has 2 amide bonds. The highest BCUT2D eigenvalue weighted by Crippen LogP contribution is 2.35. The Morgan fingerprint density at radius 2 is 2.00 bits per heavy atom. The van der Waals surface area contributed by atoms with Gasteiger partial charge in [-0.15, -0.1) is 11.3 Å². The number of benzene rings is 2. The molecule has 0 aliphatic carbocycles. The number of nitrogens with zero attached hydrogens (tertiary/aromatic N) is 1. The van der Waals surface area contributed by atoms with Crippen LogP contribution in [0.3, 0.4) is 0 Å². The lowest BCUT2D eigenvalue weighted by Gasteiger charge is -2.23. The number of halogens is 1. The van der Waals surface area contributed by atoms with Crippen LogP contribution in [0.25, 0.3) is 10.8 Å². The summed E-state index contributed by atoms with van der Waals surface area (Å²) in [5, 5.41) is 7.30. The number of hydrogen-bond acceptors (Lipinski definition) is 8. The Labute approximate surface area is 217 Å². The lowest BCUT2D eigenvalue weighted by molar-refractivity contribution is -0.128. The molecule has 0 bridgehead atoms. The number of hydrogen-bond donors (Lipinski definition) is 2. The van der Waals surface area contributed by atoms with Crippen LogP contribution in [0.2, 0.25) is 4.34 Å². The molecule has 1 unspecified atom stereocenters. The summed E-state index contributed by atoms with van der Waals surface area (Å²) in [6, 6.07) is 10.1. The standard InChI is InChI=1S/C24H24ClN3O6S2/c1-34-13-3-12-26-18-7-6-17(16-5-2-4-15(14-29)23(16)18)27-24(31)19-8-10-21(30)28(19)36(32,33)22-11-9-20(25)35-22/h2,4-7,9,11,14,19,26H,3,8,10,12-13H2,1H3,(H,27,31). The predicted molar refractivity (Wildman–Crippen MR) is 139 cm³/mol. The topological polar surface area (TPSA) is 122 Å². The number of carbonyl (C=O) groups is 3. The highest BCUT2D eigenvalue weighted by Gasteiger charge is 2.44. The van der Waals surface area contributed by atoms with Gasteiger partial charge in [-0.25, -0.2) is 12.7 Å². The van der Waals surface area contributed by atoms with E-state index in [1.54, 1.807) is 37.4 Å². The highest BCUT2D eigenvalue weighted by molar-refractivity contribution is 7.91. The van der Waals surface area contributed by atoms with E-state index < -0.39 is 27.9 Å². The molecular weight excluding hydrogens is 526 g/mol. The number of thiophene rings is 1. The van der Waals surface area contributed by atoms with Crippen molar-refractivity contribution in [3.05, 3.63) is 52.4 Å². The van der Waals surface area contributed by atoms with Crippen molar-refractivity contribution in [2.24, 2.45) is 0 Å². The van der Waals surface area contributed by atoms with Gasteiger partial charge in [0.2, 0.25) is 11.8 Å². The van der Waals surface area contributed by atoms with Crippen LogP contribution in [0.15, 0.2) is 46.7 Å². The Kier molecular flexibility index (Phi) is 7.94. The molecule has 2 N–H and O–H groups in total. The van der Waals surface area contributed by atoms with Gasteiger partial charge in [-0.05, 0) is 37.1 Å². The Hall–Kier alpha value is -2.99. The summed E-state index contributed by atoms with van der Waals surface area (Å²) in [4.78, 5) is 37.6. The Morgan fingerprint density at radius 3 is 2.69 bits per heavy atom. The number of carbonyl (C=O) groups excluding carboxylic acids is 3. The van der Waals surface area contributed by atoms with Crippen molar-refractivity contribution >= 4 is 73.2 Å². The van der Waals surface area contributed by atoms with Crippen molar-refractivity contribution in [2.75, 3.05) is 30.9 Å². The summed E-state index contributed by atoms with van der Waals surface area (Å²) in [5.74, 6) is -1.28. The number of amides is 2. The van der Waals surface area contributed by atoms with Crippen LogP contribution in [0, 0.1) is 0 Å². The van der Waals surface area contributed by atoms with E-state index in [2.05, 4.69) is 10.6 Å². The van der Waals surface area contributed by atoms with E-state index in [1.165, 1.54) is 12.1 Å². The van der Waals surface area contributed by atoms with Crippen LogP contribution in [-0.2, 0) is 24.3 Å². The van der Waals surface area contributed by atoms with Gasteiger partial charge < -0.3 is 15.4 Å². The first-order valence-corrected chi connectivity index (χ1v) is 13.8. The number of ether oxygens (including phenoxy) is 1. The number of rotatable bonds is 10. The average molecular weight is 550 g/mol. The molecule has 1 aliphatic rings. The van der Waals surface area contributed by atoms with Crippen molar-refractivity contribution in [3.63, 3.8) is 0 Å². The summed E-state index contributed by atoms with van der Waals surface area (Å²) in [6.45, 7) is 1.20. The van der Waals surface area contributed by atoms with Crippen molar-refractivity contribution in [2.45, 2.75) is 29.5 Å². The lowest BCUT2D eigenvalue weighted by atomic mass is 10.0. The molecule has 0 spiro atoms. The van der Waals surface area contributed by atoms with E-state index in [-0.39, 0.29) is 21.4 Å². The van der Waals surface area contributed by atoms with Crippen molar-refractivity contribution < 1.29 is 27.5 Å². The first kappa shape index (κ1) is 26.1. The maximum atomic E-state index is 13.3. The van der Waals surface area contributed by atoms with E-state index in [0.717, 1.165) is 29.7 Å². The van der Waals surface area contributed by atoms with E-state index in [1.807, 2.05) is 0 Å². The minimum absolute atomic E-state index is 0.0552. The average Bonchev–Trinajstić information content (AvgIpc) is 3.48. The molecule has 9 nitrogen and oxygen atoms in total. The number of nitrogens with one attached hydrogen (secondary N) is 2. The molecule has 1 fully saturated rings. The zero-order valence-electron chi connectivity index (χ0n) is 19.3. The summed E-state index contributed by atoms with van der Waals surface area (Å²) in [5.41, 5.74) is 1.56. The molecule has 2 aromatic carbocycles. The minimum Gasteiger partial charge on any atom is -0.385 e. The third-order valence-corrected chi connectivity index (χ3v) is 9.35. The van der Waals surface area contributed by atoms with E-state index in [4.69, 9.17) is 16.3 Å². The van der Waals surface area contributed by atoms with Crippen molar-refractivity contribution in [1.82, 2.24) is 4.31 Å². The van der Waals surface area contributed by atoms with Gasteiger partial charge in [0.15, 0.2) is 6.29 Å². The van der Waals surface area contributed by atoms with E-state index in [9.17, 15) is 22.8 Å². The second-order valence-corrected chi connectivity index (χ2v) is 11.9. The molecule has 2 heterocycles. The Bertz CT molecular complexity index is 1420. The number of fused-ring (bicyclic) bond motifs is 1. The molecule has 190 valence electrons.